The summed E-state index contributed by atoms with van der Waals surface area (Å²) in [4.78, 5) is 4.27. The van der Waals surface area contributed by atoms with Gasteiger partial charge in [-0.25, -0.2) is 4.98 Å². The lowest BCUT2D eigenvalue weighted by molar-refractivity contribution is 0.297. The molecule has 0 radical (unpaired) electrons. The van der Waals surface area contributed by atoms with E-state index < -0.39 is 0 Å². The normalized spacial score (nSPS) is 13.7. The van der Waals surface area contributed by atoms with Crippen molar-refractivity contribution in [2.45, 2.75) is 6.42 Å². The fraction of sp³-hybridized carbons (Fsp3) is 0.214. The second-order valence-corrected chi connectivity index (χ2v) is 5.11. The maximum Gasteiger partial charge on any atom is 0.163 e. The highest BCUT2D eigenvalue weighted by molar-refractivity contribution is 9.10. The number of halogens is 1. The molecule has 19 heavy (non-hydrogen) atoms. The predicted octanol–water partition coefficient (Wildman–Crippen LogP) is 3.75. The molecule has 0 aliphatic carbocycles. The molecule has 0 unspecified atom stereocenters. The molecular formula is C14H13BrN2O2. The van der Waals surface area contributed by atoms with Gasteiger partial charge in [0.2, 0.25) is 0 Å². The van der Waals surface area contributed by atoms with Crippen molar-refractivity contribution in [1.82, 2.24) is 4.98 Å². The molecule has 0 fully saturated rings. The number of hydrogen-bond donors (Lipinski definition) is 1. The third-order valence-corrected chi connectivity index (χ3v) is 3.22. The summed E-state index contributed by atoms with van der Waals surface area (Å²) in [6.45, 7) is 1.39. The van der Waals surface area contributed by atoms with Gasteiger partial charge >= 0.3 is 0 Å². The Kier molecular flexibility index (Phi) is 3.55. The van der Waals surface area contributed by atoms with E-state index >= 15 is 0 Å². The Bertz CT molecular complexity index is 572. The Hall–Kier alpha value is -1.75. The summed E-state index contributed by atoms with van der Waals surface area (Å²) < 4.78 is 12.2. The van der Waals surface area contributed by atoms with E-state index in [4.69, 9.17) is 9.47 Å². The molecule has 0 bridgehead atoms. The van der Waals surface area contributed by atoms with E-state index in [0.29, 0.717) is 13.2 Å². The van der Waals surface area contributed by atoms with Crippen LogP contribution < -0.4 is 14.8 Å². The van der Waals surface area contributed by atoms with E-state index in [0.717, 1.165) is 33.9 Å². The lowest BCUT2D eigenvalue weighted by Gasteiger charge is -2.10. The zero-order chi connectivity index (χ0) is 13.1. The van der Waals surface area contributed by atoms with Crippen molar-refractivity contribution in [2.24, 2.45) is 0 Å². The number of nitrogens with one attached hydrogen (secondary N) is 1. The van der Waals surface area contributed by atoms with Crippen LogP contribution in [0.2, 0.25) is 0 Å². The number of aromatic nitrogens is 1. The molecule has 1 aromatic carbocycles. The van der Waals surface area contributed by atoms with Crippen LogP contribution in [0.5, 0.6) is 11.5 Å². The lowest BCUT2D eigenvalue weighted by Crippen LogP contribution is -1.97. The number of anilines is 2. The predicted molar refractivity (Wildman–Crippen MR) is 77.3 cm³/mol. The third-order valence-electron chi connectivity index (χ3n) is 2.75. The summed E-state index contributed by atoms with van der Waals surface area (Å²) in [6.07, 6.45) is 2.66. The highest BCUT2D eigenvalue weighted by Crippen LogP contribution is 2.33. The van der Waals surface area contributed by atoms with E-state index in [1.54, 1.807) is 6.20 Å². The molecule has 0 amide bonds. The maximum atomic E-state index is 5.65. The number of pyridine rings is 1. The molecular weight excluding hydrogens is 308 g/mol. The van der Waals surface area contributed by atoms with Gasteiger partial charge in [-0.05, 0) is 40.2 Å². The van der Waals surface area contributed by atoms with Crippen LogP contribution in [0, 0.1) is 0 Å². The van der Waals surface area contributed by atoms with E-state index in [2.05, 4.69) is 26.2 Å². The van der Waals surface area contributed by atoms with Gasteiger partial charge < -0.3 is 14.8 Å². The molecule has 0 spiro atoms. The summed E-state index contributed by atoms with van der Waals surface area (Å²) >= 11 is 3.36. The minimum absolute atomic E-state index is 0.687. The standard InChI is InChI=1S/C14H13BrN2O2/c15-10-2-5-14(16-9-10)17-11-3-4-12-13(8-11)19-7-1-6-18-12/h2-5,8-9H,1,6-7H2,(H,16,17). The first-order valence-corrected chi connectivity index (χ1v) is 6.89. The van der Waals surface area contributed by atoms with Crippen molar-refractivity contribution in [2.75, 3.05) is 18.5 Å². The van der Waals surface area contributed by atoms with Crippen molar-refractivity contribution < 1.29 is 9.47 Å². The first-order valence-electron chi connectivity index (χ1n) is 6.09. The van der Waals surface area contributed by atoms with Crippen LogP contribution in [0.1, 0.15) is 6.42 Å². The summed E-state index contributed by atoms with van der Waals surface area (Å²) in [7, 11) is 0. The fourth-order valence-corrected chi connectivity index (χ4v) is 2.07. The SMILES string of the molecule is Brc1ccc(Nc2ccc3c(c2)OCCCO3)nc1. The van der Waals surface area contributed by atoms with Crippen LogP contribution >= 0.6 is 15.9 Å². The molecule has 4 nitrogen and oxygen atoms in total. The highest BCUT2D eigenvalue weighted by atomic mass is 79.9. The van der Waals surface area contributed by atoms with Crippen molar-refractivity contribution in [3.05, 3.63) is 41.0 Å². The van der Waals surface area contributed by atoms with Gasteiger partial charge in [0.1, 0.15) is 5.82 Å². The Labute approximate surface area is 119 Å². The average molecular weight is 321 g/mol. The smallest absolute Gasteiger partial charge is 0.163 e. The first-order chi connectivity index (χ1) is 9.31. The molecule has 1 aromatic heterocycles. The van der Waals surface area contributed by atoms with Gasteiger partial charge in [-0.2, -0.15) is 0 Å². The third kappa shape index (κ3) is 2.98. The van der Waals surface area contributed by atoms with E-state index in [9.17, 15) is 0 Å². The van der Waals surface area contributed by atoms with Crippen molar-refractivity contribution >= 4 is 27.4 Å². The van der Waals surface area contributed by atoms with Crippen molar-refractivity contribution in [3.8, 4) is 11.5 Å². The van der Waals surface area contributed by atoms with Gasteiger partial charge in [0.25, 0.3) is 0 Å². The zero-order valence-corrected chi connectivity index (χ0v) is 11.8. The minimum Gasteiger partial charge on any atom is -0.490 e. The summed E-state index contributed by atoms with van der Waals surface area (Å²) in [5, 5.41) is 3.23. The van der Waals surface area contributed by atoms with E-state index in [1.165, 1.54) is 0 Å². The molecule has 5 heteroatoms. The van der Waals surface area contributed by atoms with Crippen molar-refractivity contribution in [1.29, 1.82) is 0 Å². The Morgan fingerprint density at radius 1 is 1.05 bits per heavy atom. The topological polar surface area (TPSA) is 43.4 Å². The molecule has 1 aliphatic heterocycles. The monoisotopic (exact) mass is 320 g/mol. The van der Waals surface area contributed by atoms with Gasteiger partial charge in [0, 0.05) is 28.8 Å². The molecule has 1 N–H and O–H groups in total. The Morgan fingerprint density at radius 2 is 1.89 bits per heavy atom. The molecule has 1 aliphatic rings. The van der Waals surface area contributed by atoms with Gasteiger partial charge in [-0.15, -0.1) is 0 Å². The summed E-state index contributed by atoms with van der Waals surface area (Å²) in [6, 6.07) is 9.66. The molecule has 2 heterocycles. The number of hydrogen-bond acceptors (Lipinski definition) is 4. The molecule has 2 aromatic rings. The molecule has 0 saturated carbocycles. The number of fused-ring (bicyclic) bond motifs is 1. The van der Waals surface area contributed by atoms with E-state index in [1.807, 2.05) is 30.3 Å². The van der Waals surface area contributed by atoms with Gasteiger partial charge in [0.15, 0.2) is 11.5 Å². The zero-order valence-electron chi connectivity index (χ0n) is 10.2. The number of ether oxygens (including phenoxy) is 2. The van der Waals surface area contributed by atoms with Crippen LogP contribution in [0.4, 0.5) is 11.5 Å². The largest absolute Gasteiger partial charge is 0.490 e. The highest BCUT2D eigenvalue weighted by Gasteiger charge is 2.10. The van der Waals surface area contributed by atoms with Crippen LogP contribution in [-0.4, -0.2) is 18.2 Å². The van der Waals surface area contributed by atoms with Crippen LogP contribution in [0.15, 0.2) is 41.0 Å². The quantitative estimate of drug-likeness (QED) is 0.915. The maximum absolute atomic E-state index is 5.65. The number of rotatable bonds is 2. The first kappa shape index (κ1) is 12.3. The molecule has 3 rings (SSSR count). The Balaban J connectivity index is 1.81. The van der Waals surface area contributed by atoms with Gasteiger partial charge in [-0.1, -0.05) is 0 Å². The molecule has 0 atom stereocenters. The lowest BCUT2D eigenvalue weighted by atomic mass is 10.2. The number of benzene rings is 1. The average Bonchev–Trinajstić information content (AvgIpc) is 2.66. The van der Waals surface area contributed by atoms with Gasteiger partial charge in [-0.3, -0.25) is 0 Å². The van der Waals surface area contributed by atoms with Crippen LogP contribution in [0.25, 0.3) is 0 Å². The minimum atomic E-state index is 0.687. The fourth-order valence-electron chi connectivity index (χ4n) is 1.84. The molecule has 98 valence electrons. The second kappa shape index (κ2) is 5.48. The van der Waals surface area contributed by atoms with Gasteiger partial charge in [0.05, 0.1) is 13.2 Å². The van der Waals surface area contributed by atoms with Crippen molar-refractivity contribution in [3.63, 3.8) is 0 Å². The van der Waals surface area contributed by atoms with E-state index in [-0.39, 0.29) is 0 Å². The van der Waals surface area contributed by atoms with Crippen LogP contribution in [-0.2, 0) is 0 Å². The summed E-state index contributed by atoms with van der Waals surface area (Å²) in [5.74, 6) is 2.36. The molecule has 0 saturated heterocycles. The second-order valence-electron chi connectivity index (χ2n) is 4.20. The Morgan fingerprint density at radius 3 is 2.68 bits per heavy atom. The summed E-state index contributed by atoms with van der Waals surface area (Å²) in [5.41, 5.74) is 0.930. The number of nitrogens with zero attached hydrogens (tertiary/aromatic N) is 1. The van der Waals surface area contributed by atoms with Crippen LogP contribution in [0.3, 0.4) is 0 Å².